The van der Waals surface area contributed by atoms with E-state index in [1.807, 2.05) is 25.3 Å². The first-order valence-corrected chi connectivity index (χ1v) is 7.06. The zero-order valence-corrected chi connectivity index (χ0v) is 12.4. The van der Waals surface area contributed by atoms with Crippen LogP contribution in [-0.4, -0.2) is 16.7 Å². The highest BCUT2D eigenvalue weighted by molar-refractivity contribution is 6.42. The van der Waals surface area contributed by atoms with Crippen molar-refractivity contribution in [3.8, 4) is 0 Å². The molecule has 5 heteroatoms. The van der Waals surface area contributed by atoms with Crippen molar-refractivity contribution in [2.24, 2.45) is 0 Å². The summed E-state index contributed by atoms with van der Waals surface area (Å²) in [6.07, 6.45) is 3.99. The third-order valence-corrected chi connectivity index (χ3v) is 3.94. The summed E-state index contributed by atoms with van der Waals surface area (Å²) < 4.78 is 0. The number of nitrogens with one attached hydrogen (secondary N) is 2. The summed E-state index contributed by atoms with van der Waals surface area (Å²) in [4.78, 5) is 0. The van der Waals surface area contributed by atoms with E-state index in [1.54, 1.807) is 6.07 Å². The minimum Gasteiger partial charge on any atom is -0.313 e. The van der Waals surface area contributed by atoms with Gasteiger partial charge in [0.2, 0.25) is 0 Å². The second-order valence-corrected chi connectivity index (χ2v) is 5.30. The zero-order chi connectivity index (χ0) is 13.7. The van der Waals surface area contributed by atoms with E-state index in [0.29, 0.717) is 10.0 Å². The molecule has 3 nitrogen and oxygen atoms in total. The molecule has 1 aromatic carbocycles. The molecule has 0 aliphatic heterocycles. The van der Waals surface area contributed by atoms with Crippen LogP contribution in [0.4, 0.5) is 0 Å². The van der Waals surface area contributed by atoms with Crippen LogP contribution in [0.2, 0.25) is 10.0 Å². The highest BCUT2D eigenvalue weighted by Crippen LogP contribution is 2.25. The van der Waals surface area contributed by atoms with Gasteiger partial charge in [0.25, 0.3) is 0 Å². The summed E-state index contributed by atoms with van der Waals surface area (Å²) in [5.74, 6) is 0. The SMILES string of the molecule is Cc1[nH]ncc1CCCNCc1cccc(Cl)c1Cl. The molecule has 2 N–H and O–H groups in total. The average Bonchev–Trinajstić information content (AvgIpc) is 2.80. The molecule has 0 bridgehead atoms. The molecule has 0 fully saturated rings. The fraction of sp³-hybridized carbons (Fsp3) is 0.357. The predicted octanol–water partition coefficient (Wildman–Crippen LogP) is 3.75. The molecule has 2 rings (SSSR count). The van der Waals surface area contributed by atoms with Gasteiger partial charge in [-0.1, -0.05) is 35.3 Å². The van der Waals surface area contributed by atoms with E-state index >= 15 is 0 Å². The molecule has 0 saturated heterocycles. The molecule has 19 heavy (non-hydrogen) atoms. The Hall–Kier alpha value is -1.03. The predicted molar refractivity (Wildman–Crippen MR) is 79.8 cm³/mol. The molecule has 0 saturated carbocycles. The van der Waals surface area contributed by atoms with Crippen LogP contribution in [0.1, 0.15) is 23.2 Å². The van der Waals surface area contributed by atoms with Gasteiger partial charge in [0, 0.05) is 12.2 Å². The maximum absolute atomic E-state index is 6.12. The molecular formula is C14H17Cl2N3. The Morgan fingerprint density at radius 1 is 1.26 bits per heavy atom. The van der Waals surface area contributed by atoms with Crippen LogP contribution < -0.4 is 5.32 Å². The van der Waals surface area contributed by atoms with Gasteiger partial charge in [-0.3, -0.25) is 5.10 Å². The maximum Gasteiger partial charge on any atom is 0.0637 e. The Bertz CT molecular complexity index is 537. The smallest absolute Gasteiger partial charge is 0.0637 e. The van der Waals surface area contributed by atoms with Crippen molar-refractivity contribution in [2.45, 2.75) is 26.3 Å². The second-order valence-electron chi connectivity index (χ2n) is 4.51. The van der Waals surface area contributed by atoms with Crippen LogP contribution in [0, 0.1) is 6.92 Å². The standard InChI is InChI=1S/C14H17Cl2N3/c1-10-11(9-18-19-10)5-3-7-17-8-12-4-2-6-13(15)14(12)16/h2,4,6,9,17H,3,5,7-8H2,1H3,(H,18,19). The van der Waals surface area contributed by atoms with Crippen molar-refractivity contribution in [3.63, 3.8) is 0 Å². The molecule has 1 heterocycles. The van der Waals surface area contributed by atoms with Gasteiger partial charge < -0.3 is 5.32 Å². The van der Waals surface area contributed by atoms with Crippen molar-refractivity contribution in [1.29, 1.82) is 0 Å². The summed E-state index contributed by atoms with van der Waals surface area (Å²) in [7, 11) is 0. The van der Waals surface area contributed by atoms with Crippen LogP contribution in [0.15, 0.2) is 24.4 Å². The minimum atomic E-state index is 0.606. The Labute approximate surface area is 123 Å². The summed E-state index contributed by atoms with van der Waals surface area (Å²) in [6.45, 7) is 3.72. The molecule has 102 valence electrons. The van der Waals surface area contributed by atoms with E-state index in [2.05, 4.69) is 15.5 Å². The third-order valence-electron chi connectivity index (χ3n) is 3.08. The minimum absolute atomic E-state index is 0.606. The van der Waals surface area contributed by atoms with E-state index in [-0.39, 0.29) is 0 Å². The molecule has 0 unspecified atom stereocenters. The van der Waals surface area contributed by atoms with Gasteiger partial charge in [-0.2, -0.15) is 5.10 Å². The number of hydrogen-bond acceptors (Lipinski definition) is 2. The van der Waals surface area contributed by atoms with Gasteiger partial charge in [-0.25, -0.2) is 0 Å². The third kappa shape index (κ3) is 3.96. The Morgan fingerprint density at radius 3 is 2.84 bits per heavy atom. The first-order valence-electron chi connectivity index (χ1n) is 6.31. The fourth-order valence-electron chi connectivity index (χ4n) is 1.94. The monoisotopic (exact) mass is 297 g/mol. The normalized spacial score (nSPS) is 10.9. The van der Waals surface area contributed by atoms with E-state index in [9.17, 15) is 0 Å². The van der Waals surface area contributed by atoms with Crippen LogP contribution in [0.25, 0.3) is 0 Å². The molecular weight excluding hydrogens is 281 g/mol. The van der Waals surface area contributed by atoms with Gasteiger partial charge in [-0.15, -0.1) is 0 Å². The lowest BCUT2D eigenvalue weighted by Gasteiger charge is -2.07. The van der Waals surface area contributed by atoms with Crippen molar-refractivity contribution in [2.75, 3.05) is 6.54 Å². The first-order chi connectivity index (χ1) is 9.18. The molecule has 0 radical (unpaired) electrons. The molecule has 0 atom stereocenters. The Kier molecular flexibility index (Phi) is 5.25. The quantitative estimate of drug-likeness (QED) is 0.797. The van der Waals surface area contributed by atoms with Crippen LogP contribution in [0.3, 0.4) is 0 Å². The lowest BCUT2D eigenvalue weighted by molar-refractivity contribution is 0.649. The average molecular weight is 298 g/mol. The van der Waals surface area contributed by atoms with E-state index in [0.717, 1.165) is 37.2 Å². The van der Waals surface area contributed by atoms with Crippen LogP contribution in [-0.2, 0) is 13.0 Å². The first kappa shape index (κ1) is 14.4. The summed E-state index contributed by atoms with van der Waals surface area (Å²) in [5, 5.41) is 11.6. The van der Waals surface area contributed by atoms with E-state index < -0.39 is 0 Å². The lowest BCUT2D eigenvalue weighted by Crippen LogP contribution is -2.15. The second kappa shape index (κ2) is 6.94. The number of aromatic nitrogens is 2. The number of hydrogen-bond donors (Lipinski definition) is 2. The summed E-state index contributed by atoms with van der Waals surface area (Å²) in [5.41, 5.74) is 3.47. The Balaban J connectivity index is 1.72. The molecule has 0 amide bonds. The number of halogens is 2. The zero-order valence-electron chi connectivity index (χ0n) is 10.8. The van der Waals surface area contributed by atoms with E-state index in [1.165, 1.54) is 5.56 Å². The van der Waals surface area contributed by atoms with Gasteiger partial charge in [0.15, 0.2) is 0 Å². The van der Waals surface area contributed by atoms with Crippen molar-refractivity contribution >= 4 is 23.2 Å². The largest absolute Gasteiger partial charge is 0.313 e. The van der Waals surface area contributed by atoms with Gasteiger partial charge in [0.05, 0.1) is 16.2 Å². The van der Waals surface area contributed by atoms with Gasteiger partial charge >= 0.3 is 0 Å². The highest BCUT2D eigenvalue weighted by atomic mass is 35.5. The highest BCUT2D eigenvalue weighted by Gasteiger charge is 2.04. The number of benzene rings is 1. The Morgan fingerprint density at radius 2 is 2.11 bits per heavy atom. The summed E-state index contributed by atoms with van der Waals surface area (Å²) in [6, 6.07) is 5.70. The maximum atomic E-state index is 6.12. The van der Waals surface area contributed by atoms with Crippen molar-refractivity contribution in [3.05, 3.63) is 51.3 Å². The van der Waals surface area contributed by atoms with Crippen molar-refractivity contribution in [1.82, 2.24) is 15.5 Å². The number of nitrogens with zero attached hydrogens (tertiary/aromatic N) is 1. The van der Waals surface area contributed by atoms with Crippen LogP contribution >= 0.6 is 23.2 Å². The molecule has 0 aliphatic rings. The topological polar surface area (TPSA) is 40.7 Å². The van der Waals surface area contributed by atoms with E-state index in [4.69, 9.17) is 23.2 Å². The molecule has 0 aliphatic carbocycles. The van der Waals surface area contributed by atoms with Gasteiger partial charge in [0.1, 0.15) is 0 Å². The lowest BCUT2D eigenvalue weighted by atomic mass is 10.1. The number of rotatable bonds is 6. The van der Waals surface area contributed by atoms with Crippen molar-refractivity contribution < 1.29 is 0 Å². The molecule has 2 aromatic rings. The number of H-pyrrole nitrogens is 1. The fourth-order valence-corrected chi connectivity index (χ4v) is 2.33. The van der Waals surface area contributed by atoms with Crippen LogP contribution in [0.5, 0.6) is 0 Å². The number of aryl methyl sites for hydroxylation is 2. The number of aromatic amines is 1. The molecule has 1 aromatic heterocycles. The summed E-state index contributed by atoms with van der Waals surface area (Å²) >= 11 is 12.1. The van der Waals surface area contributed by atoms with Gasteiger partial charge in [-0.05, 0) is 43.5 Å². The molecule has 0 spiro atoms.